The molecule has 2 heterocycles. The third-order valence-corrected chi connectivity index (χ3v) is 6.14. The number of carbonyl (C=O) groups excluding carboxylic acids is 1. The lowest BCUT2D eigenvalue weighted by atomic mass is 10.0. The minimum Gasteiger partial charge on any atom is -0.403 e. The number of nitrogens with one attached hydrogen (secondary N) is 2. The third-order valence-electron chi connectivity index (χ3n) is 6.14. The monoisotopic (exact) mass is 465 g/mol. The van der Waals surface area contributed by atoms with E-state index in [1.54, 1.807) is 18.2 Å². The molecule has 1 aromatic heterocycles. The lowest BCUT2D eigenvalue weighted by Gasteiger charge is -2.26. The van der Waals surface area contributed by atoms with Crippen LogP contribution in [0.2, 0.25) is 0 Å². The summed E-state index contributed by atoms with van der Waals surface area (Å²) in [5.74, 6) is -0.609. The van der Waals surface area contributed by atoms with Crippen LogP contribution in [0.25, 0.3) is 11.5 Å². The van der Waals surface area contributed by atoms with E-state index >= 15 is 0 Å². The van der Waals surface area contributed by atoms with E-state index < -0.39 is 11.7 Å². The van der Waals surface area contributed by atoms with Crippen LogP contribution in [0.1, 0.15) is 54.9 Å². The molecule has 0 radical (unpaired) electrons. The second-order valence-electron chi connectivity index (χ2n) is 8.61. The van der Waals surface area contributed by atoms with E-state index in [0.29, 0.717) is 24.0 Å². The maximum Gasteiger partial charge on any atom is 0.315 e. The Balaban J connectivity index is 1.32. The summed E-state index contributed by atoms with van der Waals surface area (Å²) in [6.45, 7) is 6.41. The fraction of sp³-hybridized carbons (Fsp3) is 0.423. The summed E-state index contributed by atoms with van der Waals surface area (Å²) in [4.78, 5) is 15.0. The van der Waals surface area contributed by atoms with Gasteiger partial charge in [-0.2, -0.15) is 0 Å². The molecule has 1 aliphatic rings. The van der Waals surface area contributed by atoms with Gasteiger partial charge in [-0.25, -0.2) is 4.39 Å². The standard InChI is InChI=1S/C26H32FN5O2/c1-2-19-18-20(29-24(33)22-10-4-5-11-23(22)27)12-13-21(19)25-30-31-26(34-25)28-14-6-9-17-32-15-7-3-8-16-32/h4-5,10-13,18H,2-3,6-9,14-17H2,1H3,(H,28,31)(H,29,33). The number of hydrogen-bond acceptors (Lipinski definition) is 6. The summed E-state index contributed by atoms with van der Waals surface area (Å²) >= 11 is 0. The van der Waals surface area contributed by atoms with Gasteiger partial charge in [0.1, 0.15) is 5.82 Å². The highest BCUT2D eigenvalue weighted by Gasteiger charge is 2.15. The molecule has 0 spiro atoms. The summed E-state index contributed by atoms with van der Waals surface area (Å²) < 4.78 is 19.7. The highest BCUT2D eigenvalue weighted by atomic mass is 19.1. The first-order valence-corrected chi connectivity index (χ1v) is 12.1. The molecule has 34 heavy (non-hydrogen) atoms. The van der Waals surface area contributed by atoms with Crippen LogP contribution in [0, 0.1) is 5.82 Å². The molecular weight excluding hydrogens is 433 g/mol. The van der Waals surface area contributed by atoms with Crippen molar-refractivity contribution in [1.29, 1.82) is 0 Å². The van der Waals surface area contributed by atoms with E-state index in [1.165, 1.54) is 44.5 Å². The summed E-state index contributed by atoms with van der Waals surface area (Å²) in [6.07, 6.45) is 6.91. The van der Waals surface area contributed by atoms with Gasteiger partial charge in [0.25, 0.3) is 5.91 Å². The third kappa shape index (κ3) is 6.20. The smallest absolute Gasteiger partial charge is 0.315 e. The molecule has 0 bridgehead atoms. The van der Waals surface area contributed by atoms with Gasteiger partial charge in [0.15, 0.2) is 0 Å². The molecule has 1 aliphatic heterocycles. The number of aryl methyl sites for hydroxylation is 1. The largest absolute Gasteiger partial charge is 0.403 e. The fourth-order valence-corrected chi connectivity index (χ4v) is 4.26. The molecule has 0 saturated carbocycles. The quantitative estimate of drug-likeness (QED) is 0.392. The highest BCUT2D eigenvalue weighted by Crippen LogP contribution is 2.27. The molecule has 0 atom stereocenters. The van der Waals surface area contributed by atoms with E-state index in [-0.39, 0.29) is 5.56 Å². The van der Waals surface area contributed by atoms with Crippen molar-refractivity contribution in [2.24, 2.45) is 0 Å². The second-order valence-corrected chi connectivity index (χ2v) is 8.61. The number of piperidine rings is 1. The number of halogens is 1. The Hall–Kier alpha value is -3.26. The van der Waals surface area contributed by atoms with Crippen molar-refractivity contribution in [2.45, 2.75) is 45.4 Å². The topological polar surface area (TPSA) is 83.3 Å². The molecule has 2 aromatic carbocycles. The lowest BCUT2D eigenvalue weighted by molar-refractivity contribution is 0.102. The molecule has 3 aromatic rings. The molecule has 8 heteroatoms. The fourth-order valence-electron chi connectivity index (χ4n) is 4.26. The lowest BCUT2D eigenvalue weighted by Crippen LogP contribution is -2.30. The predicted octanol–water partition coefficient (Wildman–Crippen LogP) is 5.37. The maximum absolute atomic E-state index is 13.9. The minimum absolute atomic E-state index is 0.00757. The molecule has 7 nitrogen and oxygen atoms in total. The van der Waals surface area contributed by atoms with Crippen molar-refractivity contribution < 1.29 is 13.6 Å². The van der Waals surface area contributed by atoms with Crippen LogP contribution in [-0.2, 0) is 6.42 Å². The SMILES string of the molecule is CCc1cc(NC(=O)c2ccccc2F)ccc1-c1nnc(NCCCCN2CCCCC2)o1. The van der Waals surface area contributed by atoms with E-state index in [2.05, 4.69) is 25.7 Å². The average molecular weight is 466 g/mol. The first-order valence-electron chi connectivity index (χ1n) is 12.1. The molecule has 0 unspecified atom stereocenters. The second kappa shape index (κ2) is 11.7. The van der Waals surface area contributed by atoms with Crippen LogP contribution in [-0.4, -0.2) is 47.2 Å². The number of aromatic nitrogens is 2. The van der Waals surface area contributed by atoms with E-state index in [0.717, 1.165) is 37.1 Å². The zero-order valence-electron chi connectivity index (χ0n) is 19.6. The summed E-state index contributed by atoms with van der Waals surface area (Å²) in [5, 5.41) is 14.3. The van der Waals surface area contributed by atoms with Crippen LogP contribution in [0.4, 0.5) is 16.1 Å². The van der Waals surface area contributed by atoms with Crippen molar-refractivity contribution in [3.05, 3.63) is 59.4 Å². The number of unbranched alkanes of at least 4 members (excludes halogenated alkanes) is 1. The first-order chi connectivity index (χ1) is 16.6. The van der Waals surface area contributed by atoms with Crippen LogP contribution >= 0.6 is 0 Å². The number of anilines is 2. The number of amides is 1. The number of rotatable bonds is 10. The number of hydrogen-bond donors (Lipinski definition) is 2. The van der Waals surface area contributed by atoms with Crippen molar-refractivity contribution in [3.63, 3.8) is 0 Å². The number of benzene rings is 2. The molecule has 1 amide bonds. The molecule has 4 rings (SSSR count). The van der Waals surface area contributed by atoms with Gasteiger partial charge < -0.3 is 20.0 Å². The van der Waals surface area contributed by atoms with E-state index in [9.17, 15) is 9.18 Å². The van der Waals surface area contributed by atoms with Gasteiger partial charge in [0.2, 0.25) is 5.89 Å². The molecule has 1 fully saturated rings. The molecule has 2 N–H and O–H groups in total. The minimum atomic E-state index is -0.551. The van der Waals surface area contributed by atoms with Gasteiger partial charge in [-0.05, 0) is 87.6 Å². The maximum atomic E-state index is 13.9. The summed E-state index contributed by atoms with van der Waals surface area (Å²) in [5.41, 5.74) is 2.36. The zero-order valence-corrected chi connectivity index (χ0v) is 19.6. The van der Waals surface area contributed by atoms with E-state index in [4.69, 9.17) is 4.42 Å². The van der Waals surface area contributed by atoms with Gasteiger partial charge in [0.05, 0.1) is 5.56 Å². The van der Waals surface area contributed by atoms with Crippen molar-refractivity contribution in [3.8, 4) is 11.5 Å². The Labute approximate surface area is 199 Å². The Morgan fingerprint density at radius 2 is 1.91 bits per heavy atom. The Kier molecular flexibility index (Phi) is 8.25. The van der Waals surface area contributed by atoms with Crippen molar-refractivity contribution >= 4 is 17.6 Å². The van der Waals surface area contributed by atoms with E-state index in [1.807, 2.05) is 19.1 Å². The Morgan fingerprint density at radius 3 is 2.71 bits per heavy atom. The highest BCUT2D eigenvalue weighted by molar-refractivity contribution is 6.04. The Morgan fingerprint density at radius 1 is 1.09 bits per heavy atom. The van der Waals surface area contributed by atoms with Gasteiger partial charge in [-0.15, -0.1) is 5.10 Å². The van der Waals surface area contributed by atoms with Crippen LogP contribution in [0.3, 0.4) is 0 Å². The number of likely N-dealkylation sites (tertiary alicyclic amines) is 1. The summed E-state index contributed by atoms with van der Waals surface area (Å²) in [6, 6.07) is 11.8. The number of carbonyl (C=O) groups is 1. The average Bonchev–Trinajstić information content (AvgIpc) is 3.33. The molecule has 180 valence electrons. The van der Waals surface area contributed by atoms with Crippen LogP contribution in [0.15, 0.2) is 46.9 Å². The van der Waals surface area contributed by atoms with Gasteiger partial charge in [-0.1, -0.05) is 30.6 Å². The molecule has 1 saturated heterocycles. The van der Waals surface area contributed by atoms with Gasteiger partial charge in [-0.3, -0.25) is 4.79 Å². The van der Waals surface area contributed by atoms with Crippen molar-refractivity contribution in [1.82, 2.24) is 15.1 Å². The normalized spacial score (nSPS) is 14.2. The predicted molar refractivity (Wildman–Crippen MR) is 131 cm³/mol. The van der Waals surface area contributed by atoms with Crippen LogP contribution < -0.4 is 10.6 Å². The number of nitrogens with zero attached hydrogens (tertiary/aromatic N) is 3. The summed E-state index contributed by atoms with van der Waals surface area (Å²) in [7, 11) is 0. The first kappa shape index (κ1) is 23.9. The Bertz CT molecular complexity index is 1090. The molecular formula is C26H32FN5O2. The molecule has 0 aliphatic carbocycles. The van der Waals surface area contributed by atoms with Crippen LogP contribution in [0.5, 0.6) is 0 Å². The van der Waals surface area contributed by atoms with Gasteiger partial charge >= 0.3 is 6.01 Å². The zero-order chi connectivity index (χ0) is 23.8. The van der Waals surface area contributed by atoms with Crippen molar-refractivity contribution in [2.75, 3.05) is 36.8 Å². The van der Waals surface area contributed by atoms with Gasteiger partial charge in [0, 0.05) is 17.8 Å².